The van der Waals surface area contributed by atoms with Crippen LogP contribution >= 0.6 is 11.9 Å². The third kappa shape index (κ3) is 4.86. The van der Waals surface area contributed by atoms with Crippen molar-refractivity contribution in [1.29, 1.82) is 0 Å². The van der Waals surface area contributed by atoms with Crippen LogP contribution in [0.5, 0.6) is 5.75 Å². The van der Waals surface area contributed by atoms with Crippen molar-refractivity contribution < 1.29 is 17.9 Å². The number of halogens is 3. The Kier molecular flexibility index (Phi) is 5.32. The van der Waals surface area contributed by atoms with Crippen molar-refractivity contribution in [3.63, 3.8) is 0 Å². The van der Waals surface area contributed by atoms with Crippen LogP contribution in [0.3, 0.4) is 0 Å². The second-order valence-corrected chi connectivity index (χ2v) is 7.03. The first kappa shape index (κ1) is 17.1. The molecule has 0 unspecified atom stereocenters. The lowest BCUT2D eigenvalue weighted by Gasteiger charge is -2.23. The van der Waals surface area contributed by atoms with Crippen LogP contribution in [-0.4, -0.2) is 16.8 Å². The fourth-order valence-corrected chi connectivity index (χ4v) is 2.11. The largest absolute Gasteiger partial charge is 0.495 e. The zero-order chi connectivity index (χ0) is 15.6. The Labute approximate surface area is 121 Å². The molecule has 3 nitrogen and oxygen atoms in total. The zero-order valence-electron chi connectivity index (χ0n) is 12.1. The van der Waals surface area contributed by atoms with Crippen LogP contribution in [0.1, 0.15) is 45.0 Å². The SMILES string of the molecule is COc1cnc(C(F)(F)F)cc1[C@H](C)NSC(C)(C)C. The minimum Gasteiger partial charge on any atom is -0.495 e. The summed E-state index contributed by atoms with van der Waals surface area (Å²) in [6.45, 7) is 7.84. The summed E-state index contributed by atoms with van der Waals surface area (Å²) in [5, 5.41) is 0. The molecular formula is C13H19F3N2OS. The number of alkyl halides is 3. The first-order valence-corrected chi connectivity index (χ1v) is 6.91. The van der Waals surface area contributed by atoms with Crippen LogP contribution in [0.4, 0.5) is 13.2 Å². The highest BCUT2D eigenvalue weighted by molar-refractivity contribution is 7.98. The molecule has 0 aliphatic rings. The summed E-state index contributed by atoms with van der Waals surface area (Å²) in [5.74, 6) is 0.340. The predicted molar refractivity (Wildman–Crippen MR) is 74.7 cm³/mol. The van der Waals surface area contributed by atoms with Crippen LogP contribution < -0.4 is 9.46 Å². The third-order valence-electron chi connectivity index (χ3n) is 2.42. The first-order valence-electron chi connectivity index (χ1n) is 6.09. The van der Waals surface area contributed by atoms with Gasteiger partial charge in [-0.05, 0) is 33.8 Å². The summed E-state index contributed by atoms with van der Waals surface area (Å²) in [6, 6.07) is 0.734. The Bertz CT molecular complexity index is 458. The van der Waals surface area contributed by atoms with E-state index >= 15 is 0 Å². The highest BCUT2D eigenvalue weighted by Gasteiger charge is 2.33. The Hall–Kier alpha value is -0.950. The van der Waals surface area contributed by atoms with Gasteiger partial charge in [-0.1, -0.05) is 11.9 Å². The van der Waals surface area contributed by atoms with E-state index in [9.17, 15) is 13.2 Å². The number of methoxy groups -OCH3 is 1. The second kappa shape index (κ2) is 6.22. The van der Waals surface area contributed by atoms with Gasteiger partial charge in [0, 0.05) is 16.4 Å². The maximum Gasteiger partial charge on any atom is 0.433 e. The summed E-state index contributed by atoms with van der Waals surface area (Å²) in [5.41, 5.74) is -0.478. The first-order chi connectivity index (χ1) is 9.04. The lowest BCUT2D eigenvalue weighted by Crippen LogP contribution is -2.21. The predicted octanol–water partition coefficient (Wildman–Crippen LogP) is 4.21. The average molecular weight is 308 g/mol. The number of rotatable bonds is 4. The molecule has 0 saturated heterocycles. The van der Waals surface area contributed by atoms with Crippen molar-refractivity contribution in [1.82, 2.24) is 9.71 Å². The summed E-state index contributed by atoms with van der Waals surface area (Å²) in [4.78, 5) is 3.39. The van der Waals surface area contributed by atoms with Gasteiger partial charge >= 0.3 is 6.18 Å². The summed E-state index contributed by atoms with van der Waals surface area (Å²) in [6.07, 6.45) is -3.35. The number of aromatic nitrogens is 1. The van der Waals surface area contributed by atoms with Gasteiger partial charge in [0.25, 0.3) is 0 Å². The lowest BCUT2D eigenvalue weighted by atomic mass is 10.1. The molecule has 1 aromatic rings. The van der Waals surface area contributed by atoms with Crippen molar-refractivity contribution in [3.05, 3.63) is 23.5 Å². The van der Waals surface area contributed by atoms with Crippen molar-refractivity contribution in [3.8, 4) is 5.75 Å². The lowest BCUT2D eigenvalue weighted by molar-refractivity contribution is -0.141. The van der Waals surface area contributed by atoms with Crippen LogP contribution in [-0.2, 0) is 6.18 Å². The quantitative estimate of drug-likeness (QED) is 0.845. The van der Waals surface area contributed by atoms with E-state index in [2.05, 4.69) is 9.71 Å². The van der Waals surface area contributed by atoms with E-state index in [1.54, 1.807) is 6.92 Å². The number of pyridine rings is 1. The third-order valence-corrected chi connectivity index (χ3v) is 3.50. The molecule has 0 aliphatic carbocycles. The highest BCUT2D eigenvalue weighted by atomic mass is 32.2. The average Bonchev–Trinajstić information content (AvgIpc) is 2.33. The highest BCUT2D eigenvalue weighted by Crippen LogP contribution is 2.34. The number of nitrogens with one attached hydrogen (secondary N) is 1. The molecule has 0 saturated carbocycles. The molecule has 1 aromatic heterocycles. The van der Waals surface area contributed by atoms with Gasteiger partial charge in [-0.15, -0.1) is 0 Å². The molecule has 7 heteroatoms. The van der Waals surface area contributed by atoms with Gasteiger partial charge in [0.1, 0.15) is 11.4 Å². The summed E-state index contributed by atoms with van der Waals surface area (Å²) < 4.78 is 46.3. The topological polar surface area (TPSA) is 34.1 Å². The molecule has 0 fully saturated rings. The van der Waals surface area contributed by atoms with E-state index in [4.69, 9.17) is 4.74 Å². The zero-order valence-corrected chi connectivity index (χ0v) is 12.9. The van der Waals surface area contributed by atoms with Gasteiger partial charge < -0.3 is 4.74 Å². The van der Waals surface area contributed by atoms with E-state index < -0.39 is 11.9 Å². The molecule has 0 spiro atoms. The fourth-order valence-electron chi connectivity index (χ4n) is 1.45. The molecule has 1 atom stereocenters. The summed E-state index contributed by atoms with van der Waals surface area (Å²) in [7, 11) is 1.41. The molecule has 1 rings (SSSR count). The minimum absolute atomic E-state index is 0.0403. The molecule has 20 heavy (non-hydrogen) atoms. The van der Waals surface area contributed by atoms with E-state index in [0.717, 1.165) is 12.3 Å². The second-order valence-electron chi connectivity index (χ2n) is 5.36. The van der Waals surface area contributed by atoms with Gasteiger partial charge in [-0.25, -0.2) is 4.98 Å². The van der Waals surface area contributed by atoms with Crippen LogP contribution in [0, 0.1) is 0 Å². The standard InChI is InChI=1S/C13H19F3N2OS/c1-8(18-20-12(2,3)4)9-6-11(13(14,15)16)17-7-10(9)19-5/h6-8,18H,1-5H3/t8-/m0/s1. The number of nitrogens with zero attached hydrogens (tertiary/aromatic N) is 1. The van der Waals surface area contributed by atoms with Crippen LogP contribution in [0.25, 0.3) is 0 Å². The van der Waals surface area contributed by atoms with Gasteiger partial charge in [0.05, 0.1) is 13.3 Å². The van der Waals surface area contributed by atoms with Crippen molar-refractivity contribution in [2.24, 2.45) is 0 Å². The normalized spacial score (nSPS) is 14.2. The van der Waals surface area contributed by atoms with E-state index in [0.29, 0.717) is 11.3 Å². The molecule has 0 aromatic carbocycles. The van der Waals surface area contributed by atoms with Crippen LogP contribution in [0.2, 0.25) is 0 Å². The Balaban J connectivity index is 3.01. The molecule has 114 valence electrons. The monoisotopic (exact) mass is 308 g/mol. The molecule has 0 amide bonds. The van der Waals surface area contributed by atoms with Gasteiger partial charge in [-0.2, -0.15) is 13.2 Å². The van der Waals surface area contributed by atoms with Crippen molar-refractivity contribution >= 4 is 11.9 Å². The Morgan fingerprint density at radius 2 is 1.90 bits per heavy atom. The number of ether oxygens (including phenoxy) is 1. The maximum absolute atomic E-state index is 12.7. The maximum atomic E-state index is 12.7. The fraction of sp³-hybridized carbons (Fsp3) is 0.615. The Morgan fingerprint density at radius 1 is 1.30 bits per heavy atom. The molecule has 1 heterocycles. The van der Waals surface area contributed by atoms with Gasteiger partial charge in [0.15, 0.2) is 0 Å². The molecule has 1 N–H and O–H groups in total. The molecule has 0 radical (unpaired) electrons. The van der Waals surface area contributed by atoms with Gasteiger partial charge in [-0.3, -0.25) is 4.72 Å². The Morgan fingerprint density at radius 3 is 2.35 bits per heavy atom. The number of hydrogen-bond donors (Lipinski definition) is 1. The smallest absolute Gasteiger partial charge is 0.433 e. The molecule has 0 aliphatic heterocycles. The van der Waals surface area contributed by atoms with Crippen molar-refractivity contribution in [2.45, 2.75) is 44.7 Å². The minimum atomic E-state index is -4.46. The molecule has 0 bridgehead atoms. The van der Waals surface area contributed by atoms with E-state index in [-0.39, 0.29) is 10.8 Å². The van der Waals surface area contributed by atoms with Crippen LogP contribution in [0.15, 0.2) is 12.3 Å². The number of hydrogen-bond acceptors (Lipinski definition) is 4. The van der Waals surface area contributed by atoms with E-state index in [1.807, 2.05) is 20.8 Å². The molecular weight excluding hydrogens is 289 g/mol. The summed E-state index contributed by atoms with van der Waals surface area (Å²) >= 11 is 1.46. The van der Waals surface area contributed by atoms with Gasteiger partial charge in [0.2, 0.25) is 0 Å². The van der Waals surface area contributed by atoms with E-state index in [1.165, 1.54) is 19.1 Å². The van der Waals surface area contributed by atoms with Crippen molar-refractivity contribution in [2.75, 3.05) is 7.11 Å².